The third kappa shape index (κ3) is 5.25. The van der Waals surface area contributed by atoms with Gasteiger partial charge in [-0.1, -0.05) is 37.8 Å². The maximum Gasteiger partial charge on any atom is 0.224 e. The van der Waals surface area contributed by atoms with E-state index in [-0.39, 0.29) is 11.7 Å². The monoisotopic (exact) mass is 393 g/mol. The molecule has 5 N–H and O–H groups in total. The summed E-state index contributed by atoms with van der Waals surface area (Å²) in [6.07, 6.45) is 4.27. The first-order valence-corrected chi connectivity index (χ1v) is 9.75. The van der Waals surface area contributed by atoms with Gasteiger partial charge in [-0.3, -0.25) is 4.79 Å². The van der Waals surface area contributed by atoms with Gasteiger partial charge in [-0.2, -0.15) is 0 Å². The van der Waals surface area contributed by atoms with Gasteiger partial charge in [0.05, 0.1) is 11.8 Å². The SMILES string of the molecule is C=C1C=Cc2c([C@@H](O)CNCc3ccc(NC(=O)CCC)cc3)ccc(O)c2N1. The molecule has 152 valence electrons. The van der Waals surface area contributed by atoms with Gasteiger partial charge in [0.1, 0.15) is 5.75 Å². The Hall–Kier alpha value is -3.09. The molecule has 3 rings (SSSR count). The average molecular weight is 393 g/mol. The lowest BCUT2D eigenvalue weighted by molar-refractivity contribution is -0.116. The van der Waals surface area contributed by atoms with Crippen LogP contribution in [0.1, 0.15) is 42.6 Å². The number of rotatable bonds is 8. The van der Waals surface area contributed by atoms with Crippen LogP contribution >= 0.6 is 0 Å². The third-order valence-electron chi connectivity index (χ3n) is 4.73. The highest BCUT2D eigenvalue weighted by Gasteiger charge is 2.19. The zero-order valence-corrected chi connectivity index (χ0v) is 16.5. The van der Waals surface area contributed by atoms with E-state index in [9.17, 15) is 15.0 Å². The van der Waals surface area contributed by atoms with Crippen LogP contribution in [0.15, 0.2) is 54.8 Å². The molecule has 0 spiro atoms. The molecule has 0 aromatic heterocycles. The minimum Gasteiger partial charge on any atom is -0.506 e. The molecule has 29 heavy (non-hydrogen) atoms. The Morgan fingerprint density at radius 3 is 2.66 bits per heavy atom. The molecule has 0 saturated carbocycles. The van der Waals surface area contributed by atoms with Crippen molar-refractivity contribution in [3.63, 3.8) is 0 Å². The van der Waals surface area contributed by atoms with Crippen molar-refractivity contribution in [2.24, 2.45) is 0 Å². The lowest BCUT2D eigenvalue weighted by atomic mass is 9.97. The van der Waals surface area contributed by atoms with Crippen LogP contribution in [0.25, 0.3) is 6.08 Å². The molecule has 0 unspecified atom stereocenters. The van der Waals surface area contributed by atoms with Crippen LogP contribution in [0, 0.1) is 0 Å². The minimum atomic E-state index is -0.727. The number of hydrogen-bond donors (Lipinski definition) is 5. The molecule has 0 saturated heterocycles. The van der Waals surface area contributed by atoms with Gasteiger partial charge in [-0.05, 0) is 41.8 Å². The van der Waals surface area contributed by atoms with Crippen molar-refractivity contribution in [2.75, 3.05) is 17.2 Å². The summed E-state index contributed by atoms with van der Waals surface area (Å²) in [5.41, 5.74) is 4.58. The zero-order valence-electron chi connectivity index (χ0n) is 16.5. The van der Waals surface area contributed by atoms with Gasteiger partial charge in [0.2, 0.25) is 5.91 Å². The number of carbonyl (C=O) groups excluding carboxylic acids is 1. The van der Waals surface area contributed by atoms with Gasteiger partial charge < -0.3 is 26.2 Å². The standard InChI is InChI=1S/C23H27N3O3/c1-3-4-22(29)26-17-8-6-16(7-9-17)13-24-14-21(28)18-11-12-20(27)23-19(18)10-5-15(2)25-23/h5-12,21,24-25,27-28H,2-4,13-14H2,1H3,(H,26,29)/t21-/m0/s1. The van der Waals surface area contributed by atoms with Crippen LogP contribution in [-0.4, -0.2) is 22.7 Å². The summed E-state index contributed by atoms with van der Waals surface area (Å²) in [5.74, 6) is 0.145. The Morgan fingerprint density at radius 2 is 1.93 bits per heavy atom. The first-order valence-electron chi connectivity index (χ1n) is 9.75. The summed E-state index contributed by atoms with van der Waals surface area (Å²) < 4.78 is 0. The van der Waals surface area contributed by atoms with Crippen molar-refractivity contribution in [3.8, 4) is 5.75 Å². The molecule has 0 aliphatic carbocycles. The van der Waals surface area contributed by atoms with Crippen molar-refractivity contribution in [2.45, 2.75) is 32.4 Å². The van der Waals surface area contributed by atoms with Crippen LogP contribution < -0.4 is 16.0 Å². The average Bonchev–Trinajstić information content (AvgIpc) is 2.70. The quantitative estimate of drug-likeness (QED) is 0.439. The van der Waals surface area contributed by atoms with E-state index < -0.39 is 6.10 Å². The van der Waals surface area contributed by atoms with Gasteiger partial charge >= 0.3 is 0 Å². The lowest BCUT2D eigenvalue weighted by Crippen LogP contribution is -2.22. The molecule has 0 bridgehead atoms. The van der Waals surface area contributed by atoms with Crippen molar-refractivity contribution >= 4 is 23.4 Å². The number of phenols is 1. The van der Waals surface area contributed by atoms with E-state index >= 15 is 0 Å². The number of anilines is 2. The fourth-order valence-corrected chi connectivity index (χ4v) is 3.23. The van der Waals surface area contributed by atoms with Crippen LogP contribution in [0.4, 0.5) is 11.4 Å². The van der Waals surface area contributed by atoms with Crippen LogP contribution in [0.5, 0.6) is 5.75 Å². The van der Waals surface area contributed by atoms with Crippen molar-refractivity contribution in [3.05, 3.63) is 71.4 Å². The molecular weight excluding hydrogens is 366 g/mol. The van der Waals surface area contributed by atoms with E-state index in [0.717, 1.165) is 28.8 Å². The zero-order chi connectivity index (χ0) is 20.8. The molecule has 6 heteroatoms. The van der Waals surface area contributed by atoms with Crippen molar-refractivity contribution in [1.29, 1.82) is 0 Å². The maximum absolute atomic E-state index is 11.6. The highest BCUT2D eigenvalue weighted by Crippen LogP contribution is 2.37. The summed E-state index contributed by atoms with van der Waals surface area (Å²) in [6.45, 7) is 6.76. The van der Waals surface area contributed by atoms with Gasteiger partial charge in [-0.25, -0.2) is 0 Å². The lowest BCUT2D eigenvalue weighted by Gasteiger charge is -2.22. The molecule has 0 fully saturated rings. The number of nitrogens with one attached hydrogen (secondary N) is 3. The first kappa shape index (κ1) is 20.6. The van der Waals surface area contributed by atoms with Gasteiger partial charge in [0.25, 0.3) is 0 Å². The second-order valence-corrected chi connectivity index (χ2v) is 7.09. The number of aliphatic hydroxyl groups excluding tert-OH is 1. The van der Waals surface area contributed by atoms with Crippen molar-refractivity contribution < 1.29 is 15.0 Å². The van der Waals surface area contributed by atoms with E-state index in [1.165, 1.54) is 0 Å². The third-order valence-corrected chi connectivity index (χ3v) is 4.73. The number of carbonyl (C=O) groups is 1. The maximum atomic E-state index is 11.6. The number of amides is 1. The topological polar surface area (TPSA) is 93.6 Å². The number of fused-ring (bicyclic) bond motifs is 1. The normalized spacial score (nSPS) is 13.5. The molecule has 6 nitrogen and oxygen atoms in total. The highest BCUT2D eigenvalue weighted by molar-refractivity contribution is 5.90. The number of aliphatic hydroxyl groups is 1. The predicted octanol–water partition coefficient (Wildman–Crippen LogP) is 3.91. The fraction of sp³-hybridized carbons (Fsp3) is 0.261. The first-order chi connectivity index (χ1) is 14.0. The number of aromatic hydroxyl groups is 1. The molecular formula is C23H27N3O3. The molecule has 1 heterocycles. The molecule has 1 aliphatic heterocycles. The molecule has 1 amide bonds. The van der Waals surface area contributed by atoms with Gasteiger partial charge in [0.15, 0.2) is 0 Å². The molecule has 2 aromatic rings. The Bertz CT molecular complexity index is 920. The second-order valence-electron chi connectivity index (χ2n) is 7.09. The molecule has 2 aromatic carbocycles. The summed E-state index contributed by atoms with van der Waals surface area (Å²) in [6, 6.07) is 10.9. The van der Waals surface area contributed by atoms with E-state index in [1.807, 2.05) is 43.3 Å². The Kier molecular flexibility index (Phi) is 6.69. The molecule has 1 atom stereocenters. The Morgan fingerprint density at radius 1 is 1.17 bits per heavy atom. The smallest absolute Gasteiger partial charge is 0.224 e. The van der Waals surface area contributed by atoms with E-state index in [1.54, 1.807) is 12.1 Å². The Labute approximate surface area is 171 Å². The molecule has 0 radical (unpaired) electrons. The number of phenolic OH excluding ortho intramolecular Hbond substituents is 1. The van der Waals surface area contributed by atoms with Crippen molar-refractivity contribution in [1.82, 2.24) is 5.32 Å². The van der Waals surface area contributed by atoms with E-state index in [0.29, 0.717) is 30.9 Å². The van der Waals surface area contributed by atoms with Crippen LogP contribution in [0.2, 0.25) is 0 Å². The van der Waals surface area contributed by atoms with Crippen LogP contribution in [0.3, 0.4) is 0 Å². The van der Waals surface area contributed by atoms with E-state index in [4.69, 9.17) is 0 Å². The summed E-state index contributed by atoms with van der Waals surface area (Å²) in [4.78, 5) is 11.6. The summed E-state index contributed by atoms with van der Waals surface area (Å²) >= 11 is 0. The van der Waals surface area contributed by atoms with Crippen LogP contribution in [-0.2, 0) is 11.3 Å². The second kappa shape index (κ2) is 9.41. The summed E-state index contributed by atoms with van der Waals surface area (Å²) in [5, 5.41) is 29.8. The van der Waals surface area contributed by atoms with Gasteiger partial charge in [0, 0.05) is 36.5 Å². The number of benzene rings is 2. The number of allylic oxidation sites excluding steroid dienone is 1. The van der Waals surface area contributed by atoms with E-state index in [2.05, 4.69) is 22.5 Å². The highest BCUT2D eigenvalue weighted by atomic mass is 16.3. The largest absolute Gasteiger partial charge is 0.506 e. The predicted molar refractivity (Wildman–Crippen MR) is 117 cm³/mol. The number of hydrogen-bond acceptors (Lipinski definition) is 5. The fourth-order valence-electron chi connectivity index (χ4n) is 3.23. The molecule has 1 aliphatic rings. The Balaban J connectivity index is 1.56. The minimum absolute atomic E-state index is 0.0193. The van der Waals surface area contributed by atoms with Gasteiger partial charge in [-0.15, -0.1) is 0 Å². The summed E-state index contributed by atoms with van der Waals surface area (Å²) in [7, 11) is 0.